The summed E-state index contributed by atoms with van der Waals surface area (Å²) in [6.07, 6.45) is 0. The van der Waals surface area contributed by atoms with Crippen LogP contribution in [-0.4, -0.2) is 0 Å². The van der Waals surface area contributed by atoms with Crippen LogP contribution in [0.2, 0.25) is 0 Å². The van der Waals surface area contributed by atoms with Crippen molar-refractivity contribution in [3.05, 3.63) is 29.0 Å². The molecule has 0 spiro atoms. The van der Waals surface area contributed by atoms with Gasteiger partial charge in [0.05, 0.1) is 0 Å². The zero-order valence-electron chi connectivity index (χ0n) is 8.47. The standard InChI is InChI=1S/C11H11Br2OP/c1-5-3-6(2)10(15)7-4-8(11(12)13)14-9(5)7/h3-4,11H,15H2,1-2H3. The van der Waals surface area contributed by atoms with Gasteiger partial charge in [-0.3, -0.25) is 0 Å². The Morgan fingerprint density at radius 1 is 1.20 bits per heavy atom. The summed E-state index contributed by atoms with van der Waals surface area (Å²) >= 11 is 6.89. The van der Waals surface area contributed by atoms with Crippen molar-refractivity contribution < 1.29 is 4.42 Å². The van der Waals surface area contributed by atoms with E-state index < -0.39 is 0 Å². The van der Waals surface area contributed by atoms with E-state index in [1.807, 2.05) is 0 Å². The van der Waals surface area contributed by atoms with Crippen molar-refractivity contribution in [1.82, 2.24) is 0 Å². The van der Waals surface area contributed by atoms with Gasteiger partial charge in [0.25, 0.3) is 0 Å². The molecule has 1 aromatic carbocycles. The quantitative estimate of drug-likeness (QED) is 0.551. The minimum Gasteiger partial charge on any atom is -0.459 e. The lowest BCUT2D eigenvalue weighted by Gasteiger charge is -2.02. The SMILES string of the molecule is Cc1cc(C)c2oc(C(Br)Br)cc2c1P. The van der Waals surface area contributed by atoms with Gasteiger partial charge in [-0.15, -0.1) is 9.24 Å². The number of hydrogen-bond donors (Lipinski definition) is 0. The van der Waals surface area contributed by atoms with Crippen LogP contribution in [0.25, 0.3) is 11.0 Å². The third-order valence-electron chi connectivity index (χ3n) is 2.47. The summed E-state index contributed by atoms with van der Waals surface area (Å²) in [7, 11) is 2.78. The zero-order chi connectivity index (χ0) is 11.2. The number of fused-ring (bicyclic) bond motifs is 1. The average molecular weight is 350 g/mol. The number of aryl methyl sites for hydroxylation is 2. The van der Waals surface area contributed by atoms with Crippen molar-refractivity contribution in [1.29, 1.82) is 0 Å². The van der Waals surface area contributed by atoms with Gasteiger partial charge in [0, 0.05) is 5.39 Å². The molecule has 1 atom stereocenters. The van der Waals surface area contributed by atoms with Crippen molar-refractivity contribution in [3.63, 3.8) is 0 Å². The van der Waals surface area contributed by atoms with Gasteiger partial charge in [-0.1, -0.05) is 37.9 Å². The minimum atomic E-state index is 0.0708. The molecule has 1 unspecified atom stereocenters. The fourth-order valence-electron chi connectivity index (χ4n) is 1.69. The van der Waals surface area contributed by atoms with E-state index in [1.165, 1.54) is 21.8 Å². The van der Waals surface area contributed by atoms with Crippen LogP contribution in [0, 0.1) is 13.8 Å². The van der Waals surface area contributed by atoms with Gasteiger partial charge < -0.3 is 4.42 Å². The fourth-order valence-corrected chi connectivity index (χ4v) is 2.44. The maximum atomic E-state index is 5.79. The van der Waals surface area contributed by atoms with E-state index in [4.69, 9.17) is 4.42 Å². The second-order valence-electron chi connectivity index (χ2n) is 3.62. The van der Waals surface area contributed by atoms with Crippen LogP contribution < -0.4 is 5.30 Å². The van der Waals surface area contributed by atoms with Crippen LogP contribution in [0.4, 0.5) is 0 Å². The molecule has 0 aliphatic heterocycles. The number of halogens is 2. The number of furan rings is 1. The van der Waals surface area contributed by atoms with Gasteiger partial charge in [0.2, 0.25) is 0 Å². The Hall–Kier alpha value is 0.150. The van der Waals surface area contributed by atoms with Crippen LogP contribution in [0.1, 0.15) is 20.6 Å². The molecular weight excluding hydrogens is 339 g/mol. The van der Waals surface area contributed by atoms with Crippen LogP contribution in [-0.2, 0) is 0 Å². The molecule has 0 radical (unpaired) electrons. The fraction of sp³-hybridized carbons (Fsp3) is 0.273. The average Bonchev–Trinajstić information content (AvgIpc) is 2.59. The number of benzene rings is 1. The molecule has 80 valence electrons. The molecule has 0 saturated heterocycles. The predicted molar refractivity (Wildman–Crippen MR) is 75.6 cm³/mol. The molecule has 0 saturated carbocycles. The molecule has 4 heteroatoms. The summed E-state index contributed by atoms with van der Waals surface area (Å²) in [5, 5.41) is 2.39. The number of rotatable bonds is 1. The molecule has 0 fully saturated rings. The van der Waals surface area contributed by atoms with E-state index in [-0.39, 0.29) is 3.74 Å². The van der Waals surface area contributed by atoms with Gasteiger partial charge in [0.1, 0.15) is 15.1 Å². The Labute approximate surface area is 108 Å². The van der Waals surface area contributed by atoms with E-state index in [0.717, 1.165) is 11.3 Å². The topological polar surface area (TPSA) is 13.1 Å². The van der Waals surface area contributed by atoms with Crippen LogP contribution in [0.3, 0.4) is 0 Å². The molecule has 0 N–H and O–H groups in total. The summed E-state index contributed by atoms with van der Waals surface area (Å²) in [6.45, 7) is 4.19. The number of hydrogen-bond acceptors (Lipinski definition) is 1. The van der Waals surface area contributed by atoms with Crippen molar-refractivity contribution in [2.75, 3.05) is 0 Å². The van der Waals surface area contributed by atoms with E-state index in [2.05, 4.69) is 67.1 Å². The Balaban J connectivity index is 2.80. The van der Waals surface area contributed by atoms with Crippen molar-refractivity contribution in [2.45, 2.75) is 17.6 Å². The summed E-state index contributed by atoms with van der Waals surface area (Å²) < 4.78 is 5.86. The summed E-state index contributed by atoms with van der Waals surface area (Å²) in [5.74, 6) is 0.905. The third kappa shape index (κ3) is 2.02. The maximum absolute atomic E-state index is 5.79. The molecule has 1 aromatic heterocycles. The monoisotopic (exact) mass is 348 g/mol. The summed E-state index contributed by atoms with van der Waals surface area (Å²) in [6, 6.07) is 4.22. The van der Waals surface area contributed by atoms with E-state index >= 15 is 0 Å². The predicted octanol–water partition coefficient (Wildman–Crippen LogP) is 4.34. The van der Waals surface area contributed by atoms with Gasteiger partial charge in [-0.2, -0.15) is 0 Å². The molecule has 0 aliphatic rings. The second-order valence-corrected chi connectivity index (χ2v) is 7.25. The van der Waals surface area contributed by atoms with Crippen molar-refractivity contribution in [2.24, 2.45) is 0 Å². The Morgan fingerprint density at radius 3 is 2.47 bits per heavy atom. The minimum absolute atomic E-state index is 0.0708. The summed E-state index contributed by atoms with van der Waals surface area (Å²) in [5.41, 5.74) is 3.43. The lowest BCUT2D eigenvalue weighted by atomic mass is 10.1. The highest BCUT2D eigenvalue weighted by Gasteiger charge is 2.13. The highest BCUT2D eigenvalue weighted by Crippen LogP contribution is 2.34. The Morgan fingerprint density at radius 2 is 1.87 bits per heavy atom. The first-order valence-electron chi connectivity index (χ1n) is 4.58. The van der Waals surface area contributed by atoms with Crippen molar-refractivity contribution >= 4 is 57.4 Å². The lowest BCUT2D eigenvalue weighted by molar-refractivity contribution is 0.572. The molecule has 2 rings (SSSR count). The maximum Gasteiger partial charge on any atom is 0.137 e. The first kappa shape index (κ1) is 11.6. The van der Waals surface area contributed by atoms with Crippen LogP contribution in [0.5, 0.6) is 0 Å². The van der Waals surface area contributed by atoms with Gasteiger partial charge in [-0.25, -0.2) is 0 Å². The van der Waals surface area contributed by atoms with E-state index in [0.29, 0.717) is 0 Å². The zero-order valence-corrected chi connectivity index (χ0v) is 12.8. The van der Waals surface area contributed by atoms with Crippen molar-refractivity contribution in [3.8, 4) is 0 Å². The first-order chi connectivity index (χ1) is 7.00. The largest absolute Gasteiger partial charge is 0.459 e. The normalized spacial score (nSPS) is 11.6. The van der Waals surface area contributed by atoms with Crippen LogP contribution in [0.15, 0.2) is 16.5 Å². The molecule has 1 heterocycles. The highest BCUT2D eigenvalue weighted by molar-refractivity contribution is 9.24. The van der Waals surface area contributed by atoms with Crippen LogP contribution >= 0.6 is 41.1 Å². The molecule has 0 amide bonds. The van der Waals surface area contributed by atoms with Gasteiger partial charge in [-0.05, 0) is 36.3 Å². The highest BCUT2D eigenvalue weighted by atomic mass is 79.9. The molecular formula is C11H11Br2OP. The third-order valence-corrected chi connectivity index (χ3v) is 4.14. The Bertz CT molecular complexity index is 517. The van der Waals surface area contributed by atoms with Gasteiger partial charge >= 0.3 is 0 Å². The molecule has 1 nitrogen and oxygen atoms in total. The number of alkyl halides is 2. The molecule has 0 bridgehead atoms. The lowest BCUT2D eigenvalue weighted by Crippen LogP contribution is -1.98. The smallest absolute Gasteiger partial charge is 0.137 e. The Kier molecular flexibility index (Phi) is 3.25. The molecule has 2 aromatic rings. The summed E-state index contributed by atoms with van der Waals surface area (Å²) in [4.78, 5) is 0. The first-order valence-corrected chi connectivity index (χ1v) is 6.99. The second kappa shape index (κ2) is 4.20. The molecule has 0 aliphatic carbocycles. The molecule has 15 heavy (non-hydrogen) atoms. The van der Waals surface area contributed by atoms with E-state index in [1.54, 1.807) is 0 Å². The van der Waals surface area contributed by atoms with Gasteiger partial charge in [0.15, 0.2) is 0 Å². The van der Waals surface area contributed by atoms with E-state index in [9.17, 15) is 0 Å².